The van der Waals surface area contributed by atoms with Crippen LogP contribution in [0.15, 0.2) is 72.8 Å². The van der Waals surface area contributed by atoms with Gasteiger partial charge in [-0.05, 0) is 45.7 Å². The van der Waals surface area contributed by atoms with Crippen molar-refractivity contribution in [2.45, 2.75) is 26.2 Å². The molecule has 26 heavy (non-hydrogen) atoms. The van der Waals surface area contributed by atoms with Crippen molar-refractivity contribution in [1.29, 1.82) is 0 Å². The van der Waals surface area contributed by atoms with Crippen molar-refractivity contribution >= 4 is 45.6 Å². The topological polar surface area (TPSA) is 37.3 Å². The second-order valence-corrected chi connectivity index (χ2v) is 11.2. The van der Waals surface area contributed by atoms with Crippen LogP contribution in [0.2, 0.25) is 0 Å². The second-order valence-electron chi connectivity index (χ2n) is 7.36. The van der Waals surface area contributed by atoms with Crippen molar-refractivity contribution in [2.24, 2.45) is 0 Å². The molecule has 3 aromatic rings. The summed E-state index contributed by atoms with van der Waals surface area (Å²) in [5.41, 5.74) is 0.812. The van der Waals surface area contributed by atoms with E-state index in [1.54, 1.807) is 6.07 Å². The lowest BCUT2D eigenvalue weighted by Gasteiger charge is -2.26. The van der Waals surface area contributed by atoms with Crippen LogP contribution in [0.3, 0.4) is 0 Å². The lowest BCUT2D eigenvalue weighted by molar-refractivity contribution is 0.468. The Morgan fingerprint density at radius 3 is 1.73 bits per heavy atom. The van der Waals surface area contributed by atoms with Crippen LogP contribution in [0.1, 0.15) is 26.3 Å². The molecule has 0 radical (unpaired) electrons. The largest absolute Gasteiger partial charge is 0.507 e. The molecule has 4 heteroatoms. The molecule has 1 N–H and O–H groups in total. The highest BCUT2D eigenvalue weighted by atomic mass is 127. The van der Waals surface area contributed by atoms with Crippen LogP contribution in [0.25, 0.3) is 0 Å². The Hall–Kier alpha value is -1.58. The van der Waals surface area contributed by atoms with Gasteiger partial charge < -0.3 is 9.67 Å². The van der Waals surface area contributed by atoms with Gasteiger partial charge in [0.15, 0.2) is 7.14 Å². The monoisotopic (exact) mass is 476 g/mol. The smallest absolute Gasteiger partial charge is 0.172 e. The van der Waals surface area contributed by atoms with Crippen molar-refractivity contribution in [3.63, 3.8) is 0 Å². The standard InChI is InChI=1S/C22H22IO2P/c1-22(2,3)16-14-19(24)21(23)20(15-16)26(25,17-10-6-4-7-11-17)18-12-8-5-9-13-18/h4-15,24H,1-3H3. The SMILES string of the molecule is CC(C)(C)c1cc(O)c(I)c(P(=O)(c2ccccc2)c2ccccc2)c1. The fourth-order valence-electron chi connectivity index (χ4n) is 2.96. The highest BCUT2D eigenvalue weighted by Gasteiger charge is 2.33. The summed E-state index contributed by atoms with van der Waals surface area (Å²) in [4.78, 5) is 0. The van der Waals surface area contributed by atoms with Crippen molar-refractivity contribution in [3.8, 4) is 5.75 Å². The third kappa shape index (κ3) is 3.47. The van der Waals surface area contributed by atoms with Crippen LogP contribution in [0, 0.1) is 3.57 Å². The Balaban J connectivity index is 2.38. The minimum absolute atomic E-state index is 0.158. The minimum atomic E-state index is -3.10. The van der Waals surface area contributed by atoms with E-state index in [0.717, 1.165) is 16.2 Å². The first-order valence-corrected chi connectivity index (χ1v) is 11.3. The summed E-state index contributed by atoms with van der Waals surface area (Å²) < 4.78 is 15.2. The molecule has 0 saturated heterocycles. The third-order valence-electron chi connectivity index (χ3n) is 4.48. The molecule has 0 aliphatic rings. The average molecular weight is 476 g/mol. The molecule has 0 aliphatic carbocycles. The van der Waals surface area contributed by atoms with Crippen molar-refractivity contribution in [2.75, 3.05) is 0 Å². The van der Waals surface area contributed by atoms with E-state index < -0.39 is 7.14 Å². The molecule has 3 aromatic carbocycles. The quantitative estimate of drug-likeness (QED) is 0.430. The fraction of sp³-hybridized carbons (Fsp3) is 0.182. The van der Waals surface area contributed by atoms with E-state index in [1.807, 2.05) is 66.7 Å². The first-order chi connectivity index (χ1) is 12.2. The lowest BCUT2D eigenvalue weighted by atomic mass is 9.87. The van der Waals surface area contributed by atoms with E-state index >= 15 is 0 Å². The summed E-state index contributed by atoms with van der Waals surface area (Å²) in [6.07, 6.45) is 0. The van der Waals surface area contributed by atoms with Gasteiger partial charge in [-0.15, -0.1) is 0 Å². The summed E-state index contributed by atoms with van der Waals surface area (Å²) in [5, 5.41) is 12.8. The van der Waals surface area contributed by atoms with E-state index in [0.29, 0.717) is 8.87 Å². The van der Waals surface area contributed by atoms with Gasteiger partial charge in [-0.2, -0.15) is 0 Å². The zero-order chi connectivity index (χ0) is 18.9. The van der Waals surface area contributed by atoms with Crippen LogP contribution in [-0.2, 0) is 9.98 Å². The molecular formula is C22H22IO2P. The highest BCUT2D eigenvalue weighted by molar-refractivity contribution is 14.1. The van der Waals surface area contributed by atoms with Crippen LogP contribution in [0.4, 0.5) is 0 Å². The summed E-state index contributed by atoms with van der Waals surface area (Å²) in [6, 6.07) is 22.9. The number of hydrogen-bond donors (Lipinski definition) is 1. The summed E-state index contributed by atoms with van der Waals surface area (Å²) in [5.74, 6) is 0.181. The summed E-state index contributed by atoms with van der Waals surface area (Å²) >= 11 is 2.11. The number of aromatic hydroxyl groups is 1. The molecule has 0 fully saturated rings. The maximum Gasteiger partial charge on any atom is 0.172 e. The molecule has 2 nitrogen and oxygen atoms in total. The van der Waals surface area contributed by atoms with Gasteiger partial charge in [0, 0.05) is 15.9 Å². The van der Waals surface area contributed by atoms with Crippen LogP contribution >= 0.6 is 29.7 Å². The predicted octanol–water partition coefficient (Wildman–Crippen LogP) is 4.93. The molecule has 134 valence electrons. The highest BCUT2D eigenvalue weighted by Crippen LogP contribution is 2.46. The number of hydrogen-bond acceptors (Lipinski definition) is 2. The first-order valence-electron chi connectivity index (χ1n) is 8.49. The molecule has 0 amide bonds. The first kappa shape index (κ1) is 19.2. The van der Waals surface area contributed by atoms with Gasteiger partial charge >= 0.3 is 0 Å². The minimum Gasteiger partial charge on any atom is -0.507 e. The Morgan fingerprint density at radius 2 is 1.31 bits per heavy atom. The molecule has 0 aliphatic heterocycles. The van der Waals surface area contributed by atoms with Crippen molar-refractivity contribution in [1.82, 2.24) is 0 Å². The average Bonchev–Trinajstić information content (AvgIpc) is 2.64. The fourth-order valence-corrected chi connectivity index (χ4v) is 7.04. The van der Waals surface area contributed by atoms with Crippen LogP contribution < -0.4 is 15.9 Å². The van der Waals surface area contributed by atoms with Gasteiger partial charge in [-0.3, -0.25) is 0 Å². The van der Waals surface area contributed by atoms with Crippen molar-refractivity contribution < 1.29 is 9.67 Å². The van der Waals surface area contributed by atoms with Crippen LogP contribution in [0.5, 0.6) is 5.75 Å². The van der Waals surface area contributed by atoms with Crippen molar-refractivity contribution in [3.05, 3.63) is 81.9 Å². The molecule has 0 aromatic heterocycles. The zero-order valence-corrected chi connectivity index (χ0v) is 18.2. The molecule has 0 atom stereocenters. The van der Waals surface area contributed by atoms with Gasteiger partial charge in [0.05, 0.1) is 3.57 Å². The summed E-state index contributed by atoms with van der Waals surface area (Å²) in [6.45, 7) is 6.27. The number of phenolic OH excluding ortho intramolecular Hbond substituents is 1. The lowest BCUT2D eigenvalue weighted by Crippen LogP contribution is -2.28. The van der Waals surface area contributed by atoms with Gasteiger partial charge in [0.1, 0.15) is 5.75 Å². The molecular weight excluding hydrogens is 454 g/mol. The summed E-state index contributed by atoms with van der Waals surface area (Å²) in [7, 11) is -3.10. The van der Waals surface area contributed by atoms with Gasteiger partial charge in [-0.1, -0.05) is 81.4 Å². The molecule has 0 bridgehead atoms. The molecule has 0 heterocycles. The van der Waals surface area contributed by atoms with E-state index in [-0.39, 0.29) is 11.2 Å². The Bertz CT molecular complexity index is 917. The maximum atomic E-state index is 14.6. The van der Waals surface area contributed by atoms with Gasteiger partial charge in [-0.25, -0.2) is 0 Å². The Kier molecular flexibility index (Phi) is 5.32. The van der Waals surface area contributed by atoms with Crippen LogP contribution in [-0.4, -0.2) is 5.11 Å². The number of rotatable bonds is 3. The molecule has 0 unspecified atom stereocenters. The second kappa shape index (κ2) is 7.21. The molecule has 3 rings (SSSR count). The zero-order valence-electron chi connectivity index (χ0n) is 15.1. The molecule has 0 saturated carbocycles. The van der Waals surface area contributed by atoms with E-state index in [9.17, 15) is 9.67 Å². The number of halogens is 1. The predicted molar refractivity (Wildman–Crippen MR) is 119 cm³/mol. The van der Waals surface area contributed by atoms with E-state index in [1.165, 1.54) is 0 Å². The number of benzene rings is 3. The molecule has 0 spiro atoms. The maximum absolute atomic E-state index is 14.6. The normalized spacial score (nSPS) is 12.2. The Labute approximate surface area is 168 Å². The van der Waals surface area contributed by atoms with E-state index in [2.05, 4.69) is 43.4 Å². The van der Waals surface area contributed by atoms with E-state index in [4.69, 9.17) is 0 Å². The van der Waals surface area contributed by atoms with Gasteiger partial charge in [0.2, 0.25) is 0 Å². The third-order valence-corrected chi connectivity index (χ3v) is 9.12. The van der Waals surface area contributed by atoms with Gasteiger partial charge in [0.25, 0.3) is 0 Å². The Morgan fingerprint density at radius 1 is 0.846 bits per heavy atom. The number of phenols is 1.